The highest BCUT2D eigenvalue weighted by molar-refractivity contribution is 14.1. The van der Waals surface area contributed by atoms with E-state index in [1.54, 1.807) is 23.7 Å². The lowest BCUT2D eigenvalue weighted by molar-refractivity contribution is 0.0950. The molecule has 0 aliphatic rings. The number of carbonyl (C=O) groups excluding carboxylic acids is 1. The van der Waals surface area contributed by atoms with Gasteiger partial charge in [0.15, 0.2) is 0 Å². The fourth-order valence-electron chi connectivity index (χ4n) is 1.80. The van der Waals surface area contributed by atoms with Gasteiger partial charge in [0.1, 0.15) is 6.26 Å². The minimum atomic E-state index is -0.116. The first kappa shape index (κ1) is 14.3. The van der Waals surface area contributed by atoms with E-state index < -0.39 is 0 Å². The molecule has 3 aromatic rings. The molecule has 0 saturated heterocycles. The lowest BCUT2D eigenvalue weighted by Crippen LogP contribution is -2.22. The summed E-state index contributed by atoms with van der Waals surface area (Å²) in [6, 6.07) is 11.3. The molecule has 0 atom stereocenters. The Morgan fingerprint density at radius 3 is 3.00 bits per heavy atom. The number of nitrogens with zero attached hydrogens (tertiary/aromatic N) is 1. The molecule has 106 valence electrons. The average Bonchev–Trinajstić information content (AvgIpc) is 3.15. The average molecular weight is 410 g/mol. The van der Waals surface area contributed by atoms with Gasteiger partial charge in [-0.2, -0.15) is 0 Å². The number of aromatic nitrogens is 1. The second-order valence-electron chi connectivity index (χ2n) is 4.31. The van der Waals surface area contributed by atoms with Crippen LogP contribution in [-0.2, 0) is 6.54 Å². The maximum absolute atomic E-state index is 12.0. The standard InChI is InChI=1S/C15H11IN2O2S/c16-11-4-1-3-10(7-11)14(19)17-8-12-9-20-15(18-12)13-5-2-6-21-13/h1-7,9H,8H2,(H,17,19). The molecule has 4 nitrogen and oxygen atoms in total. The summed E-state index contributed by atoms with van der Waals surface area (Å²) in [7, 11) is 0. The van der Waals surface area contributed by atoms with E-state index in [1.807, 2.05) is 35.7 Å². The quantitative estimate of drug-likeness (QED) is 0.664. The summed E-state index contributed by atoms with van der Waals surface area (Å²) in [4.78, 5) is 17.4. The largest absolute Gasteiger partial charge is 0.443 e. The smallest absolute Gasteiger partial charge is 0.251 e. The molecular formula is C15H11IN2O2S. The third kappa shape index (κ3) is 3.51. The number of carbonyl (C=O) groups is 1. The van der Waals surface area contributed by atoms with Crippen molar-refractivity contribution in [2.24, 2.45) is 0 Å². The number of amides is 1. The lowest BCUT2D eigenvalue weighted by Gasteiger charge is -2.03. The van der Waals surface area contributed by atoms with Crippen LogP contribution < -0.4 is 5.32 Å². The van der Waals surface area contributed by atoms with Crippen molar-refractivity contribution in [2.75, 3.05) is 0 Å². The zero-order valence-corrected chi connectivity index (χ0v) is 13.8. The fraction of sp³-hybridized carbons (Fsp3) is 0.0667. The van der Waals surface area contributed by atoms with Gasteiger partial charge in [0.25, 0.3) is 5.91 Å². The Morgan fingerprint density at radius 1 is 1.33 bits per heavy atom. The fourth-order valence-corrected chi connectivity index (χ4v) is 3.00. The van der Waals surface area contributed by atoms with Crippen LogP contribution in [-0.4, -0.2) is 10.9 Å². The van der Waals surface area contributed by atoms with E-state index >= 15 is 0 Å². The Kier molecular flexibility index (Phi) is 4.35. The summed E-state index contributed by atoms with van der Waals surface area (Å²) in [5.41, 5.74) is 1.35. The monoisotopic (exact) mass is 410 g/mol. The number of hydrogen-bond donors (Lipinski definition) is 1. The van der Waals surface area contributed by atoms with Crippen LogP contribution in [0.3, 0.4) is 0 Å². The molecule has 21 heavy (non-hydrogen) atoms. The second kappa shape index (κ2) is 6.40. The Labute approximate surface area is 139 Å². The van der Waals surface area contributed by atoms with Crippen molar-refractivity contribution in [1.29, 1.82) is 0 Å². The summed E-state index contributed by atoms with van der Waals surface area (Å²) in [6.45, 7) is 0.346. The van der Waals surface area contributed by atoms with Gasteiger partial charge in [0.2, 0.25) is 5.89 Å². The molecule has 0 spiro atoms. The summed E-state index contributed by atoms with van der Waals surface area (Å²) < 4.78 is 6.44. The Balaban J connectivity index is 1.64. The molecule has 0 fully saturated rings. The number of rotatable bonds is 4. The summed E-state index contributed by atoms with van der Waals surface area (Å²) >= 11 is 3.75. The molecule has 0 unspecified atom stereocenters. The number of benzene rings is 1. The molecule has 1 N–H and O–H groups in total. The first-order valence-corrected chi connectivity index (χ1v) is 8.20. The topological polar surface area (TPSA) is 55.1 Å². The van der Waals surface area contributed by atoms with Crippen molar-refractivity contribution >= 4 is 39.8 Å². The molecule has 0 aliphatic heterocycles. The van der Waals surface area contributed by atoms with Crippen LogP contribution in [0.1, 0.15) is 16.1 Å². The molecule has 6 heteroatoms. The van der Waals surface area contributed by atoms with Gasteiger partial charge in [-0.15, -0.1) is 11.3 Å². The second-order valence-corrected chi connectivity index (χ2v) is 6.51. The van der Waals surface area contributed by atoms with Gasteiger partial charge in [-0.1, -0.05) is 12.1 Å². The van der Waals surface area contributed by atoms with E-state index in [9.17, 15) is 4.79 Å². The first-order chi connectivity index (χ1) is 10.2. The molecule has 0 aliphatic carbocycles. The van der Waals surface area contributed by atoms with Crippen molar-refractivity contribution in [3.63, 3.8) is 0 Å². The maximum atomic E-state index is 12.0. The molecule has 0 bridgehead atoms. The number of thiophene rings is 1. The zero-order valence-electron chi connectivity index (χ0n) is 10.9. The molecule has 0 saturated carbocycles. The third-order valence-corrected chi connectivity index (χ3v) is 4.33. The van der Waals surface area contributed by atoms with Gasteiger partial charge in [0.05, 0.1) is 17.1 Å². The van der Waals surface area contributed by atoms with Crippen molar-refractivity contribution in [3.05, 3.63) is 62.9 Å². The highest BCUT2D eigenvalue weighted by atomic mass is 127. The van der Waals surface area contributed by atoms with Crippen LogP contribution in [0.4, 0.5) is 0 Å². The van der Waals surface area contributed by atoms with Crippen LogP contribution in [0.2, 0.25) is 0 Å². The van der Waals surface area contributed by atoms with Crippen LogP contribution in [0, 0.1) is 3.57 Å². The van der Waals surface area contributed by atoms with E-state index in [0.29, 0.717) is 23.7 Å². The number of oxazole rings is 1. The molecule has 1 aromatic carbocycles. The maximum Gasteiger partial charge on any atom is 0.251 e. The van der Waals surface area contributed by atoms with Gasteiger partial charge in [-0.05, 0) is 52.2 Å². The molecule has 0 radical (unpaired) electrons. The summed E-state index contributed by atoms with van der Waals surface area (Å²) in [6.07, 6.45) is 1.57. The summed E-state index contributed by atoms with van der Waals surface area (Å²) in [5, 5.41) is 4.81. The molecule has 2 heterocycles. The zero-order chi connectivity index (χ0) is 14.7. The highest BCUT2D eigenvalue weighted by Gasteiger charge is 2.10. The van der Waals surface area contributed by atoms with Crippen molar-refractivity contribution < 1.29 is 9.21 Å². The van der Waals surface area contributed by atoms with Crippen LogP contribution in [0.25, 0.3) is 10.8 Å². The van der Waals surface area contributed by atoms with Crippen molar-refractivity contribution in [3.8, 4) is 10.8 Å². The number of halogens is 1. The van der Waals surface area contributed by atoms with Crippen LogP contribution in [0.15, 0.2) is 52.5 Å². The SMILES string of the molecule is O=C(NCc1coc(-c2cccs2)n1)c1cccc(I)c1. The van der Waals surface area contributed by atoms with Gasteiger partial charge >= 0.3 is 0 Å². The third-order valence-electron chi connectivity index (χ3n) is 2.80. The predicted molar refractivity (Wildman–Crippen MR) is 90.1 cm³/mol. The van der Waals surface area contributed by atoms with E-state index in [-0.39, 0.29) is 5.91 Å². The van der Waals surface area contributed by atoms with Crippen molar-refractivity contribution in [1.82, 2.24) is 10.3 Å². The van der Waals surface area contributed by atoms with Gasteiger partial charge in [-0.3, -0.25) is 4.79 Å². The predicted octanol–water partition coefficient (Wildman–Crippen LogP) is 3.94. The molecule has 3 rings (SSSR count). The number of nitrogens with one attached hydrogen (secondary N) is 1. The highest BCUT2D eigenvalue weighted by Crippen LogP contribution is 2.23. The van der Waals surface area contributed by atoms with Gasteiger partial charge in [0, 0.05) is 9.13 Å². The minimum absolute atomic E-state index is 0.116. The van der Waals surface area contributed by atoms with E-state index in [4.69, 9.17) is 4.42 Å². The van der Waals surface area contributed by atoms with Crippen LogP contribution in [0.5, 0.6) is 0 Å². The Bertz CT molecular complexity index is 753. The van der Waals surface area contributed by atoms with E-state index in [1.165, 1.54) is 0 Å². The molecular weight excluding hydrogens is 399 g/mol. The van der Waals surface area contributed by atoms with E-state index in [0.717, 1.165) is 8.45 Å². The lowest BCUT2D eigenvalue weighted by atomic mass is 10.2. The van der Waals surface area contributed by atoms with E-state index in [2.05, 4.69) is 32.9 Å². The van der Waals surface area contributed by atoms with Gasteiger partial charge in [-0.25, -0.2) is 4.98 Å². The van der Waals surface area contributed by atoms with Crippen molar-refractivity contribution in [2.45, 2.75) is 6.54 Å². The summed E-state index contributed by atoms with van der Waals surface area (Å²) in [5.74, 6) is 0.470. The van der Waals surface area contributed by atoms with Gasteiger partial charge < -0.3 is 9.73 Å². The first-order valence-electron chi connectivity index (χ1n) is 6.24. The normalized spacial score (nSPS) is 10.5. The Hall–Kier alpha value is -1.67. The Morgan fingerprint density at radius 2 is 2.24 bits per heavy atom. The van der Waals surface area contributed by atoms with Crippen LogP contribution >= 0.6 is 33.9 Å². The number of hydrogen-bond acceptors (Lipinski definition) is 4. The molecule has 1 amide bonds. The molecule has 2 aromatic heterocycles. The minimum Gasteiger partial charge on any atom is -0.443 e.